The Labute approximate surface area is 250 Å². The van der Waals surface area contributed by atoms with Gasteiger partial charge in [-0.15, -0.1) is 13.1 Å². The fourth-order valence-corrected chi connectivity index (χ4v) is 4.41. The van der Waals surface area contributed by atoms with E-state index in [9.17, 15) is 19.5 Å². The van der Waals surface area contributed by atoms with E-state index < -0.39 is 17.8 Å². The molecule has 14 N–H and O–H groups in total. The summed E-state index contributed by atoms with van der Waals surface area (Å²) in [6.45, 7) is 2.04. The molecule has 0 aromatic heterocycles. The third-order valence-electron chi connectivity index (χ3n) is 6.71. The third-order valence-corrected chi connectivity index (χ3v) is 6.71. The van der Waals surface area contributed by atoms with E-state index in [0.717, 1.165) is 57.9 Å². The average Bonchev–Trinajstić information content (AvgIpc) is 2.91. The maximum Gasteiger partial charge on any atom is 2.00 e. The standard InChI is InChI=1S/2C7H12O3.C6H11N2O.C6H8N2O.Co.2H2O/c2*8-6-3-1-2-5(4-6)7(9)10;2*7-6(9)5-2-1-3-8-4-5;;;/h2*5-6,8H,1-4H2,(H,9,10);5H,1-4H2,(H2,7,9);1-3,8H,4H2,(H2,7,9);;2*1H2/q;;-1;;+2;;/p+1. The van der Waals surface area contributed by atoms with E-state index in [1.54, 1.807) is 18.4 Å². The van der Waals surface area contributed by atoms with Crippen molar-refractivity contribution in [1.29, 1.82) is 5.41 Å². The molecule has 1 radical (unpaired) electrons. The Morgan fingerprint density at radius 2 is 1.39 bits per heavy atom. The molecule has 239 valence electrons. The van der Waals surface area contributed by atoms with E-state index in [1.807, 2.05) is 0 Å². The smallest absolute Gasteiger partial charge is 0.859 e. The Hall–Kier alpha value is -2.53. The van der Waals surface area contributed by atoms with Gasteiger partial charge in [-0.25, -0.2) is 0 Å². The molecule has 3 fully saturated rings. The molecule has 0 aromatic carbocycles. The molecule has 4 aliphatic rings. The van der Waals surface area contributed by atoms with Gasteiger partial charge in [0.05, 0.1) is 24.0 Å². The summed E-state index contributed by atoms with van der Waals surface area (Å²) in [5.74, 6) is -2.91. The molecule has 41 heavy (non-hydrogen) atoms. The van der Waals surface area contributed by atoms with Gasteiger partial charge in [0.15, 0.2) is 0 Å². The summed E-state index contributed by atoms with van der Waals surface area (Å²) in [5, 5.41) is 59.1. The zero-order chi connectivity index (χ0) is 28.5. The molecule has 5 unspecified atom stereocenters. The van der Waals surface area contributed by atoms with Gasteiger partial charge in [0, 0.05) is 12.5 Å². The number of piperidine rings is 1. The second-order valence-corrected chi connectivity index (χ2v) is 9.84. The Balaban J connectivity index is -0.000000459. The normalized spacial score (nSPS) is 26.1. The van der Waals surface area contributed by atoms with Gasteiger partial charge in [0.1, 0.15) is 0 Å². The maximum absolute atomic E-state index is 10.5. The second-order valence-electron chi connectivity index (χ2n) is 9.84. The minimum Gasteiger partial charge on any atom is -0.859 e. The molecule has 15 heteroatoms. The van der Waals surface area contributed by atoms with Crippen LogP contribution in [0.1, 0.15) is 64.2 Å². The summed E-state index contributed by atoms with van der Waals surface area (Å²) in [6.07, 6.45) is 11.9. The number of nitrogens with one attached hydrogen (secondary N) is 2. The molecule has 5 atom stereocenters. The second kappa shape index (κ2) is 24.1. The Morgan fingerprint density at radius 3 is 1.63 bits per heavy atom. The number of carbonyl (C=O) groups excluding carboxylic acids is 1. The number of amides is 1. The minimum absolute atomic E-state index is 0. The monoisotopic (exact) mass is 635 g/mol. The summed E-state index contributed by atoms with van der Waals surface area (Å²) in [6, 6.07) is 0. The van der Waals surface area contributed by atoms with Crippen LogP contribution < -0.4 is 16.2 Å². The van der Waals surface area contributed by atoms with Crippen LogP contribution in [0.15, 0.2) is 23.9 Å². The van der Waals surface area contributed by atoms with Crippen molar-refractivity contribution in [2.24, 2.45) is 23.5 Å². The number of carbonyl (C=O) groups is 3. The van der Waals surface area contributed by atoms with Gasteiger partial charge in [-0.1, -0.05) is 25.3 Å². The quantitative estimate of drug-likeness (QED) is 0.113. The predicted molar refractivity (Wildman–Crippen MR) is 149 cm³/mol. The summed E-state index contributed by atoms with van der Waals surface area (Å²) >= 11 is 0. The summed E-state index contributed by atoms with van der Waals surface area (Å²) in [5.41, 5.74) is 5.58. The zero-order valence-electron chi connectivity index (χ0n) is 23.2. The van der Waals surface area contributed by atoms with Crippen molar-refractivity contribution in [3.05, 3.63) is 29.2 Å². The Morgan fingerprint density at radius 1 is 0.902 bits per heavy atom. The molecule has 2 aliphatic heterocycles. The van der Waals surface area contributed by atoms with E-state index >= 15 is 0 Å². The van der Waals surface area contributed by atoms with Crippen LogP contribution in [0.25, 0.3) is 5.32 Å². The van der Waals surface area contributed by atoms with Crippen molar-refractivity contribution in [3.63, 3.8) is 0 Å². The number of carboxylic acid groups (broad SMARTS) is 2. The van der Waals surface area contributed by atoms with Crippen LogP contribution in [0.2, 0.25) is 0 Å². The number of aliphatic hydroxyl groups excluding tert-OH is 2. The van der Waals surface area contributed by atoms with Crippen molar-refractivity contribution in [3.8, 4) is 0 Å². The summed E-state index contributed by atoms with van der Waals surface area (Å²) in [7, 11) is 0. The average molecular weight is 636 g/mol. The first-order valence-corrected chi connectivity index (χ1v) is 13.1. The van der Waals surface area contributed by atoms with E-state index in [2.05, 4.69) is 10.6 Å². The zero-order valence-corrected chi connectivity index (χ0v) is 24.3. The van der Waals surface area contributed by atoms with Crippen molar-refractivity contribution in [2.45, 2.75) is 76.4 Å². The molecule has 2 aliphatic carbocycles. The molecule has 0 aromatic rings. The van der Waals surface area contributed by atoms with Gasteiger partial charge in [-0.3, -0.25) is 14.4 Å². The third kappa shape index (κ3) is 19.3. The number of nitrogens with two attached hydrogens (primary N) is 1. The van der Waals surface area contributed by atoms with Crippen molar-refractivity contribution >= 4 is 23.7 Å². The van der Waals surface area contributed by atoms with Gasteiger partial charge >= 0.3 is 28.7 Å². The van der Waals surface area contributed by atoms with Crippen LogP contribution in [0.5, 0.6) is 0 Å². The topological polar surface area (TPSA) is 297 Å². The van der Waals surface area contributed by atoms with Crippen LogP contribution >= 0.6 is 0 Å². The molecule has 1 saturated heterocycles. The molecule has 2 saturated carbocycles. The Kier molecular flexibility index (Phi) is 25.2. The SMILES string of the molecule is N=C([O-])C1=CC=CNC1.NC(=O)C1CCC[N-]C1.O=C(O)C1CCCC(O)C1.O=C(O)C1CCCC(O)C1.[Co+2].[OH3+].[OH3+]. The van der Waals surface area contributed by atoms with Gasteiger partial charge in [-0.05, 0) is 68.7 Å². The number of dihydropyridines is 1. The largest absolute Gasteiger partial charge is 2.00 e. The van der Waals surface area contributed by atoms with Crippen LogP contribution in [0, 0.1) is 23.2 Å². The fourth-order valence-electron chi connectivity index (χ4n) is 4.41. The van der Waals surface area contributed by atoms with Crippen molar-refractivity contribution in [1.82, 2.24) is 5.32 Å². The maximum atomic E-state index is 10.5. The number of nitrogens with zero attached hydrogens (tertiary/aromatic N) is 1. The molecule has 1 amide bonds. The first kappa shape index (κ1) is 42.9. The number of aliphatic hydroxyl groups is 2. The molecular formula is C26H48CoN4O10+2. The first-order valence-electron chi connectivity index (χ1n) is 13.1. The number of allylic oxidation sites excluding steroid dienone is 2. The molecule has 2 heterocycles. The molecule has 14 nitrogen and oxygen atoms in total. The number of rotatable bonds is 4. The van der Waals surface area contributed by atoms with E-state index in [4.69, 9.17) is 31.6 Å². The van der Waals surface area contributed by atoms with Gasteiger partial charge in [-0.2, -0.15) is 0 Å². The number of aliphatic carboxylic acids is 2. The van der Waals surface area contributed by atoms with Gasteiger partial charge in [0.25, 0.3) is 0 Å². The summed E-state index contributed by atoms with van der Waals surface area (Å²) < 4.78 is 0. The fraction of sp³-hybridized carbons (Fsp3) is 0.692. The van der Waals surface area contributed by atoms with Crippen molar-refractivity contribution < 1.29 is 67.6 Å². The van der Waals surface area contributed by atoms with E-state index in [0.29, 0.717) is 31.5 Å². The molecule has 0 spiro atoms. The van der Waals surface area contributed by atoms with Crippen LogP contribution in [-0.2, 0) is 42.1 Å². The summed E-state index contributed by atoms with van der Waals surface area (Å²) in [4.78, 5) is 31.3. The Bertz CT molecular complexity index is 805. The van der Waals surface area contributed by atoms with Gasteiger partial charge < -0.3 is 58.3 Å². The van der Waals surface area contributed by atoms with Crippen molar-refractivity contribution in [2.75, 3.05) is 19.6 Å². The first-order chi connectivity index (χ1) is 18.0. The number of carboxylic acids is 2. The minimum atomic E-state index is -0.765. The van der Waals surface area contributed by atoms with Crippen LogP contribution in [0.4, 0.5) is 0 Å². The van der Waals surface area contributed by atoms with Crippen LogP contribution in [0.3, 0.4) is 0 Å². The van der Waals surface area contributed by atoms with Crippen LogP contribution in [-0.4, -0.2) is 76.0 Å². The molecule has 0 bridgehead atoms. The van der Waals surface area contributed by atoms with E-state index in [-0.39, 0.29) is 63.6 Å². The molecular weight excluding hydrogens is 587 g/mol. The predicted octanol–water partition coefficient (Wildman–Crippen LogP) is -0.979. The number of hydrogen-bond acceptors (Lipinski definition) is 8. The number of hydrogen-bond donors (Lipinski definition) is 7. The van der Waals surface area contributed by atoms with Gasteiger partial charge in [0.2, 0.25) is 5.91 Å². The number of primary amides is 1. The van der Waals surface area contributed by atoms with E-state index in [1.165, 1.54) is 0 Å². The molecule has 4 rings (SSSR count).